The number of ketones is 1. The van der Waals surface area contributed by atoms with Crippen molar-refractivity contribution >= 4 is 5.78 Å². The highest BCUT2D eigenvalue weighted by atomic mass is 16.1. The van der Waals surface area contributed by atoms with Crippen molar-refractivity contribution in [3.8, 4) is 0 Å². The van der Waals surface area contributed by atoms with Crippen LogP contribution in [0, 0.1) is 5.92 Å². The second kappa shape index (κ2) is 36.9. The fourth-order valence-corrected chi connectivity index (χ4v) is 8.33. The standard InChI is InChI=1S/C49H94N2O/c1-6-9-12-15-18-19-20-21-22-23-24-25-30-35-42-51(44-37-41-50-48-45(4)46(5)49(48)52)43-36-31-26-29-34-40-47(38-32-27-16-13-10-7-2)39-33-28-17-14-11-8-3/h47,50H,5-44H2,1-4H3. The minimum absolute atomic E-state index is 0.118. The van der Waals surface area contributed by atoms with Gasteiger partial charge in [-0.05, 0) is 57.3 Å². The summed E-state index contributed by atoms with van der Waals surface area (Å²) in [5.74, 6) is 1.10. The van der Waals surface area contributed by atoms with Gasteiger partial charge < -0.3 is 10.2 Å². The van der Waals surface area contributed by atoms with Crippen LogP contribution >= 0.6 is 0 Å². The lowest BCUT2D eigenvalue weighted by Gasteiger charge is -2.25. The third-order valence-electron chi connectivity index (χ3n) is 12.1. The smallest absolute Gasteiger partial charge is 0.208 e. The Morgan fingerprint density at radius 1 is 0.462 bits per heavy atom. The van der Waals surface area contributed by atoms with E-state index in [-0.39, 0.29) is 5.78 Å². The van der Waals surface area contributed by atoms with Crippen molar-refractivity contribution in [1.82, 2.24) is 10.2 Å². The topological polar surface area (TPSA) is 32.3 Å². The highest BCUT2D eigenvalue weighted by molar-refractivity contribution is 6.18. The molecule has 0 aromatic carbocycles. The molecule has 0 saturated carbocycles. The Morgan fingerprint density at radius 3 is 1.12 bits per heavy atom. The maximum absolute atomic E-state index is 12.1. The van der Waals surface area contributed by atoms with Crippen LogP contribution in [0.4, 0.5) is 0 Å². The number of nitrogens with one attached hydrogen (secondary N) is 1. The first-order chi connectivity index (χ1) is 25.5. The van der Waals surface area contributed by atoms with Crippen molar-refractivity contribution in [2.75, 3.05) is 26.2 Å². The van der Waals surface area contributed by atoms with Crippen molar-refractivity contribution in [3.63, 3.8) is 0 Å². The van der Waals surface area contributed by atoms with Crippen LogP contribution < -0.4 is 5.32 Å². The molecule has 1 aliphatic rings. The molecule has 0 aromatic rings. The van der Waals surface area contributed by atoms with E-state index in [9.17, 15) is 4.79 Å². The average molecular weight is 727 g/mol. The number of unbranched alkanes of at least 4 members (excludes halogenated alkanes) is 27. The predicted octanol–water partition coefficient (Wildman–Crippen LogP) is 15.6. The summed E-state index contributed by atoms with van der Waals surface area (Å²) in [6.07, 6.45) is 49.7. The molecule has 0 aromatic heterocycles. The predicted molar refractivity (Wildman–Crippen MR) is 233 cm³/mol. The lowest BCUT2D eigenvalue weighted by Crippen LogP contribution is -2.34. The van der Waals surface area contributed by atoms with Gasteiger partial charge in [-0.1, -0.05) is 233 Å². The molecule has 3 nitrogen and oxygen atoms in total. The molecule has 0 heterocycles. The molecule has 306 valence electrons. The van der Waals surface area contributed by atoms with Gasteiger partial charge in [0, 0.05) is 12.1 Å². The number of hydrogen-bond donors (Lipinski definition) is 1. The Kier molecular flexibility index (Phi) is 34.7. The summed E-state index contributed by atoms with van der Waals surface area (Å²) in [6.45, 7) is 17.4. The monoisotopic (exact) mass is 727 g/mol. The fraction of sp³-hybridized carbons (Fsp3) is 0.898. The summed E-state index contributed by atoms with van der Waals surface area (Å²) in [5, 5.41) is 3.41. The van der Waals surface area contributed by atoms with Gasteiger partial charge in [0.25, 0.3) is 0 Å². The molecule has 52 heavy (non-hydrogen) atoms. The fourth-order valence-electron chi connectivity index (χ4n) is 8.33. The van der Waals surface area contributed by atoms with Crippen LogP contribution in [-0.4, -0.2) is 36.9 Å². The van der Waals surface area contributed by atoms with Gasteiger partial charge in [0.05, 0.1) is 5.70 Å². The van der Waals surface area contributed by atoms with Crippen molar-refractivity contribution < 1.29 is 4.79 Å². The average Bonchev–Trinajstić information content (AvgIpc) is 3.15. The van der Waals surface area contributed by atoms with Crippen LogP contribution in [0.15, 0.2) is 23.4 Å². The van der Waals surface area contributed by atoms with E-state index in [0.717, 1.165) is 36.7 Å². The summed E-state index contributed by atoms with van der Waals surface area (Å²) in [7, 11) is 0. The van der Waals surface area contributed by atoms with Crippen LogP contribution in [0.3, 0.4) is 0 Å². The van der Waals surface area contributed by atoms with E-state index < -0.39 is 0 Å². The zero-order chi connectivity index (χ0) is 37.7. The molecule has 0 fully saturated rings. The summed E-state index contributed by atoms with van der Waals surface area (Å²) in [6, 6.07) is 0. The van der Waals surface area contributed by atoms with Gasteiger partial charge >= 0.3 is 0 Å². The third-order valence-corrected chi connectivity index (χ3v) is 12.1. The number of allylic oxidation sites excluding steroid dienone is 2. The van der Waals surface area contributed by atoms with E-state index >= 15 is 0 Å². The zero-order valence-electron chi connectivity index (χ0n) is 36.2. The first kappa shape index (κ1) is 48.9. The molecule has 1 rings (SSSR count). The van der Waals surface area contributed by atoms with Gasteiger partial charge in [-0.25, -0.2) is 0 Å². The minimum atomic E-state index is 0.118. The number of rotatable bonds is 42. The number of Topliss-reactive ketones (excluding diaryl/α,β-unsaturated/α-hetero) is 1. The van der Waals surface area contributed by atoms with Gasteiger partial charge in [-0.3, -0.25) is 4.79 Å². The molecule has 0 bridgehead atoms. The zero-order valence-corrected chi connectivity index (χ0v) is 36.2. The number of hydrogen-bond acceptors (Lipinski definition) is 3. The van der Waals surface area contributed by atoms with Crippen LogP contribution in [0.5, 0.6) is 0 Å². The van der Waals surface area contributed by atoms with Crippen LogP contribution in [0.2, 0.25) is 0 Å². The third kappa shape index (κ3) is 27.5. The Balaban J connectivity index is 2.30. The first-order valence-electron chi connectivity index (χ1n) is 24.0. The van der Waals surface area contributed by atoms with Crippen LogP contribution in [0.25, 0.3) is 0 Å². The van der Waals surface area contributed by atoms with Crippen LogP contribution in [0.1, 0.15) is 252 Å². The first-order valence-corrected chi connectivity index (χ1v) is 24.0. The number of nitrogens with zero attached hydrogens (tertiary/aromatic N) is 1. The lowest BCUT2D eigenvalue weighted by molar-refractivity contribution is -0.113. The maximum atomic E-state index is 12.1. The lowest BCUT2D eigenvalue weighted by atomic mass is 9.88. The Hall–Kier alpha value is -1.09. The molecule has 3 heteroatoms. The number of carbonyl (C=O) groups excluding carboxylic acids is 1. The SMILES string of the molecule is C=C1C(=O)C(NCCCN(CCCCCCCCCCCCCCCC)CCCCCCCC(CCCCCCCC)CCCCCCCC)=C1C. The Morgan fingerprint density at radius 2 is 0.769 bits per heavy atom. The van der Waals surface area contributed by atoms with Crippen molar-refractivity contribution in [2.24, 2.45) is 5.92 Å². The normalized spacial score (nSPS) is 13.3. The molecular formula is C49H94N2O. The maximum Gasteiger partial charge on any atom is 0.208 e. The van der Waals surface area contributed by atoms with Crippen LogP contribution in [-0.2, 0) is 4.79 Å². The number of carbonyl (C=O) groups is 1. The second-order valence-corrected chi connectivity index (χ2v) is 17.1. The van der Waals surface area contributed by atoms with Gasteiger partial charge in [-0.2, -0.15) is 0 Å². The molecule has 1 N–H and O–H groups in total. The molecular weight excluding hydrogens is 633 g/mol. The van der Waals surface area contributed by atoms with E-state index in [1.165, 1.54) is 231 Å². The Labute approximate surface area is 327 Å². The van der Waals surface area contributed by atoms with E-state index in [0.29, 0.717) is 5.57 Å². The summed E-state index contributed by atoms with van der Waals surface area (Å²) < 4.78 is 0. The minimum Gasteiger partial charge on any atom is -0.382 e. The molecule has 0 amide bonds. The van der Waals surface area contributed by atoms with Gasteiger partial charge in [-0.15, -0.1) is 0 Å². The van der Waals surface area contributed by atoms with E-state index in [4.69, 9.17) is 0 Å². The van der Waals surface area contributed by atoms with Gasteiger partial charge in [0.15, 0.2) is 0 Å². The van der Waals surface area contributed by atoms with Gasteiger partial charge in [0.2, 0.25) is 5.78 Å². The summed E-state index contributed by atoms with van der Waals surface area (Å²) in [5.41, 5.74) is 2.55. The van der Waals surface area contributed by atoms with Crippen molar-refractivity contribution in [1.29, 1.82) is 0 Å². The summed E-state index contributed by atoms with van der Waals surface area (Å²) >= 11 is 0. The van der Waals surface area contributed by atoms with Crippen molar-refractivity contribution in [2.45, 2.75) is 252 Å². The van der Waals surface area contributed by atoms with E-state index in [1.807, 2.05) is 6.92 Å². The highest BCUT2D eigenvalue weighted by Crippen LogP contribution is 2.26. The molecule has 1 aliphatic carbocycles. The van der Waals surface area contributed by atoms with Gasteiger partial charge in [0.1, 0.15) is 0 Å². The Bertz CT molecular complexity index is 830. The largest absolute Gasteiger partial charge is 0.382 e. The molecule has 0 unspecified atom stereocenters. The molecule has 0 radical (unpaired) electrons. The van der Waals surface area contributed by atoms with E-state index in [1.54, 1.807) is 0 Å². The van der Waals surface area contributed by atoms with E-state index in [2.05, 4.69) is 37.6 Å². The molecule has 0 spiro atoms. The molecule has 0 atom stereocenters. The second-order valence-electron chi connectivity index (χ2n) is 17.1. The highest BCUT2D eigenvalue weighted by Gasteiger charge is 2.27. The summed E-state index contributed by atoms with van der Waals surface area (Å²) in [4.78, 5) is 14.8. The van der Waals surface area contributed by atoms with Crippen molar-refractivity contribution in [3.05, 3.63) is 23.4 Å². The molecule has 0 aliphatic heterocycles. The quantitative estimate of drug-likeness (QED) is 0.0502. The molecule has 0 saturated heterocycles.